The van der Waals surface area contributed by atoms with Crippen molar-refractivity contribution in [2.24, 2.45) is 0 Å². The Hall–Kier alpha value is -2.78. The quantitative estimate of drug-likeness (QED) is 0.271. The summed E-state index contributed by atoms with van der Waals surface area (Å²) >= 11 is 3.27. The lowest BCUT2D eigenvalue weighted by molar-refractivity contribution is 0.430. The van der Waals surface area contributed by atoms with Gasteiger partial charge in [0.1, 0.15) is 5.82 Å². The highest BCUT2D eigenvalue weighted by Gasteiger charge is 2.25. The number of rotatable bonds is 3. The molecule has 0 amide bonds. The fraction of sp³-hybridized carbons (Fsp3) is 0.269. The van der Waals surface area contributed by atoms with Gasteiger partial charge in [-0.25, -0.2) is 26.2 Å². The van der Waals surface area contributed by atoms with Crippen LogP contribution in [0.2, 0.25) is 0 Å². The summed E-state index contributed by atoms with van der Waals surface area (Å²) in [6, 6.07) is 9.32. The van der Waals surface area contributed by atoms with Gasteiger partial charge >= 0.3 is 0 Å². The molecule has 2 aromatic carbocycles. The minimum Gasteiger partial charge on any atom is -0.504 e. The number of pyridine rings is 1. The lowest BCUT2D eigenvalue weighted by Gasteiger charge is -2.07. The summed E-state index contributed by atoms with van der Waals surface area (Å²) in [5.74, 6) is -2.83. The number of halogens is 3. The maximum absolute atomic E-state index is 13.9. The fourth-order valence-corrected chi connectivity index (χ4v) is 4.70. The Bertz CT molecular complexity index is 1370. The van der Waals surface area contributed by atoms with Gasteiger partial charge in [-0.2, -0.15) is 0 Å². The van der Waals surface area contributed by atoms with Gasteiger partial charge in [-0.1, -0.05) is 59.2 Å². The number of fused-ring (bicyclic) bond motifs is 1. The van der Waals surface area contributed by atoms with E-state index in [4.69, 9.17) is 0 Å². The molecule has 4 rings (SSSR count). The molecule has 0 aliphatic rings. The Morgan fingerprint density at radius 1 is 0.914 bits per heavy atom. The Morgan fingerprint density at radius 3 is 2.06 bits per heavy atom. The van der Waals surface area contributed by atoms with Crippen LogP contribution in [0.3, 0.4) is 0 Å². The first-order valence-corrected chi connectivity index (χ1v) is 13.6. The zero-order valence-corrected chi connectivity index (χ0v) is 23.3. The van der Waals surface area contributed by atoms with Crippen molar-refractivity contribution >= 4 is 37.0 Å². The zero-order chi connectivity index (χ0) is 26.9. The van der Waals surface area contributed by atoms with Crippen molar-refractivity contribution in [3.8, 4) is 16.9 Å². The van der Waals surface area contributed by atoms with E-state index in [1.807, 2.05) is 48.5 Å². The highest BCUT2D eigenvalue weighted by atomic mass is 79.9. The molecule has 0 saturated carbocycles. The maximum Gasteiger partial charge on any atom is 0.269 e. The van der Waals surface area contributed by atoms with Crippen LogP contribution in [0.5, 0.6) is 5.75 Å². The van der Waals surface area contributed by atoms with Gasteiger partial charge in [-0.05, 0) is 47.1 Å². The van der Waals surface area contributed by atoms with Crippen molar-refractivity contribution in [2.45, 2.75) is 53.4 Å². The number of nitrogens with zero attached hydrogens (tertiary/aromatic N) is 2. The second kappa shape index (κ2) is 13.3. The molecule has 35 heavy (non-hydrogen) atoms. The van der Waals surface area contributed by atoms with Crippen molar-refractivity contribution in [3.05, 3.63) is 76.5 Å². The molecule has 5 nitrogen and oxygen atoms in total. The van der Waals surface area contributed by atoms with Gasteiger partial charge < -0.3 is 5.11 Å². The van der Waals surface area contributed by atoms with E-state index in [1.165, 1.54) is 24.5 Å². The molecule has 0 atom stereocenters. The second-order valence-electron chi connectivity index (χ2n) is 6.47. The lowest BCUT2D eigenvalue weighted by Crippen LogP contribution is -2.12. The van der Waals surface area contributed by atoms with E-state index in [0.29, 0.717) is 15.9 Å². The average Bonchev–Trinajstić information content (AvgIpc) is 3.24. The van der Waals surface area contributed by atoms with Crippen LogP contribution in [0.4, 0.5) is 8.78 Å². The largest absolute Gasteiger partial charge is 0.504 e. The molecule has 0 spiro atoms. The number of phenolic OH excluding ortho intramolecular Hbond substituents is 1. The number of aromatic hydroxyl groups is 1. The van der Waals surface area contributed by atoms with E-state index in [2.05, 4.69) is 20.9 Å². The molecule has 0 radical (unpaired) electrons. The first kappa shape index (κ1) is 30.3. The molecule has 190 valence electrons. The Morgan fingerprint density at radius 2 is 1.49 bits per heavy atom. The molecule has 9 heteroatoms. The molecule has 0 unspecified atom stereocenters. The van der Waals surface area contributed by atoms with Gasteiger partial charge in [0, 0.05) is 39.4 Å². The molecular weight excluding hydrogens is 538 g/mol. The van der Waals surface area contributed by atoms with Crippen LogP contribution in [0.1, 0.15) is 47.1 Å². The molecule has 0 bridgehead atoms. The normalized spacial score (nSPS) is 10.3. The van der Waals surface area contributed by atoms with Crippen LogP contribution in [0.25, 0.3) is 22.2 Å². The summed E-state index contributed by atoms with van der Waals surface area (Å²) in [4.78, 5) is 4.21. The molecule has 2 heterocycles. The fourth-order valence-electron chi connectivity index (χ4n) is 3.05. The molecule has 0 fully saturated rings. The summed E-state index contributed by atoms with van der Waals surface area (Å²) < 4.78 is 55.6. The van der Waals surface area contributed by atoms with Gasteiger partial charge in [0.05, 0.1) is 4.90 Å². The monoisotopic (exact) mass is 568 g/mol. The third-order valence-corrected chi connectivity index (χ3v) is 6.57. The highest BCUT2D eigenvalue weighted by molar-refractivity contribution is 9.10. The van der Waals surface area contributed by atoms with Crippen molar-refractivity contribution in [3.63, 3.8) is 0 Å². The third-order valence-electron chi connectivity index (χ3n) is 4.47. The standard InChI is InChI=1S/C20H13BrF2N2O3S.3C2H6/c1-11-2-4-14(5-3-11)29(27,28)25-10-17(16-6-12(21)9-24-20(16)25)15-7-13(22)8-18(23)19(15)26;3*1-2/h2-10,26H,1H3;3*1-2H3. The summed E-state index contributed by atoms with van der Waals surface area (Å²) in [7, 11) is -4.05. The number of aryl methyl sites for hydroxylation is 1. The lowest BCUT2D eigenvalue weighted by atomic mass is 10.0. The minimum absolute atomic E-state index is 0.0333. The van der Waals surface area contributed by atoms with Gasteiger partial charge in [0.15, 0.2) is 17.2 Å². The molecule has 0 saturated heterocycles. The van der Waals surface area contributed by atoms with Crippen molar-refractivity contribution in [2.75, 3.05) is 0 Å². The van der Waals surface area contributed by atoms with E-state index in [0.717, 1.165) is 15.6 Å². The van der Waals surface area contributed by atoms with Crippen molar-refractivity contribution in [1.82, 2.24) is 8.96 Å². The van der Waals surface area contributed by atoms with Crippen molar-refractivity contribution in [1.29, 1.82) is 0 Å². The van der Waals surface area contributed by atoms with Gasteiger partial charge in [0.2, 0.25) is 0 Å². The first-order valence-electron chi connectivity index (χ1n) is 11.4. The van der Waals surface area contributed by atoms with Crippen molar-refractivity contribution < 1.29 is 22.3 Å². The van der Waals surface area contributed by atoms with E-state index >= 15 is 0 Å². The summed E-state index contributed by atoms with van der Waals surface area (Å²) in [5.41, 5.74) is 0.905. The van der Waals surface area contributed by atoms with E-state index in [-0.39, 0.29) is 21.7 Å². The summed E-state index contributed by atoms with van der Waals surface area (Å²) in [6.45, 7) is 13.8. The molecule has 0 aliphatic carbocycles. The van der Waals surface area contributed by atoms with Gasteiger partial charge in [0.25, 0.3) is 10.0 Å². The first-order chi connectivity index (χ1) is 16.7. The average molecular weight is 570 g/mol. The molecule has 0 aliphatic heterocycles. The number of aromatic nitrogens is 2. The number of hydrogen-bond acceptors (Lipinski definition) is 4. The van der Waals surface area contributed by atoms with Gasteiger partial charge in [-0.15, -0.1) is 0 Å². The molecular formula is C26H31BrF2N2O3S. The molecule has 1 N–H and O–H groups in total. The minimum atomic E-state index is -4.05. The Balaban J connectivity index is 0.000000949. The molecule has 2 aromatic heterocycles. The van der Waals surface area contributed by atoms with Crippen LogP contribution in [-0.2, 0) is 10.0 Å². The topological polar surface area (TPSA) is 72.2 Å². The third kappa shape index (κ3) is 6.46. The zero-order valence-electron chi connectivity index (χ0n) is 20.9. The predicted octanol–water partition coefficient (Wildman–Crippen LogP) is 8.07. The maximum atomic E-state index is 13.9. The smallest absolute Gasteiger partial charge is 0.269 e. The Labute approximate surface area is 214 Å². The summed E-state index contributed by atoms with van der Waals surface area (Å²) in [6.07, 6.45) is 2.62. The molecule has 4 aromatic rings. The highest BCUT2D eigenvalue weighted by Crippen LogP contribution is 2.39. The van der Waals surface area contributed by atoms with Crippen LogP contribution in [-0.4, -0.2) is 22.5 Å². The van der Waals surface area contributed by atoms with E-state index < -0.39 is 27.4 Å². The van der Waals surface area contributed by atoms with Crippen LogP contribution in [0, 0.1) is 18.6 Å². The summed E-state index contributed by atoms with van der Waals surface area (Å²) in [5, 5.41) is 10.4. The van der Waals surface area contributed by atoms with Gasteiger partial charge in [-0.3, -0.25) is 0 Å². The number of hydrogen-bond donors (Lipinski definition) is 1. The van der Waals surface area contributed by atoms with E-state index in [1.54, 1.807) is 18.2 Å². The number of benzene rings is 2. The number of phenols is 1. The predicted molar refractivity (Wildman–Crippen MR) is 142 cm³/mol. The SMILES string of the molecule is CC.CC.CC.Cc1ccc(S(=O)(=O)n2cc(-c3cc(F)cc(F)c3O)c3cc(Br)cnc32)cc1. The second-order valence-corrected chi connectivity index (χ2v) is 9.20. The van der Waals surface area contributed by atoms with E-state index in [9.17, 15) is 22.3 Å². The van der Waals surface area contributed by atoms with Crippen LogP contribution >= 0.6 is 15.9 Å². The Kier molecular flexibility index (Phi) is 11.5. The van der Waals surface area contributed by atoms with Crippen LogP contribution in [0.15, 0.2) is 64.2 Å². The van der Waals surface area contributed by atoms with Crippen LogP contribution < -0.4 is 0 Å².